The van der Waals surface area contributed by atoms with Gasteiger partial charge in [-0.25, -0.2) is 4.39 Å². The molecular weight excluding hydrogens is 179 g/mol. The highest BCUT2D eigenvalue weighted by Gasteiger charge is 2.33. The maximum atomic E-state index is 13.4. The zero-order valence-electron chi connectivity index (χ0n) is 9.17. The SMILES string of the molecule is CC1CN(C)CC1N[C@@H]1CCC[C@@H]1F. The number of hydrogen-bond donors (Lipinski definition) is 1. The minimum atomic E-state index is -0.604. The molecule has 0 bridgehead atoms. The summed E-state index contributed by atoms with van der Waals surface area (Å²) < 4.78 is 13.4. The van der Waals surface area contributed by atoms with Crippen LogP contribution in [0.2, 0.25) is 0 Å². The van der Waals surface area contributed by atoms with Crippen molar-refractivity contribution in [1.82, 2.24) is 10.2 Å². The lowest BCUT2D eigenvalue weighted by Gasteiger charge is -2.23. The summed E-state index contributed by atoms with van der Waals surface area (Å²) in [4.78, 5) is 2.32. The Morgan fingerprint density at radius 1 is 1.21 bits per heavy atom. The van der Waals surface area contributed by atoms with Crippen LogP contribution in [0.15, 0.2) is 0 Å². The lowest BCUT2D eigenvalue weighted by molar-refractivity contribution is 0.254. The summed E-state index contributed by atoms with van der Waals surface area (Å²) in [5.74, 6) is 0.660. The standard InChI is InChI=1S/C11H21FN2/c1-8-6-14(2)7-11(8)13-10-5-3-4-9(10)12/h8-11,13H,3-7H2,1-2H3/t8?,9-,10+,11?/m0/s1. The largest absolute Gasteiger partial charge is 0.307 e. The molecule has 0 aromatic heterocycles. The van der Waals surface area contributed by atoms with Crippen LogP contribution in [0.3, 0.4) is 0 Å². The summed E-state index contributed by atoms with van der Waals surface area (Å²) in [5.41, 5.74) is 0. The maximum absolute atomic E-state index is 13.4. The lowest BCUT2D eigenvalue weighted by atomic mass is 10.0. The van der Waals surface area contributed by atoms with E-state index in [4.69, 9.17) is 0 Å². The highest BCUT2D eigenvalue weighted by molar-refractivity contribution is 4.91. The molecule has 1 saturated heterocycles. The molecule has 2 fully saturated rings. The third-order valence-electron chi connectivity index (χ3n) is 3.65. The number of rotatable bonds is 2. The molecule has 1 aliphatic heterocycles. The Hall–Kier alpha value is -0.150. The third kappa shape index (κ3) is 2.09. The van der Waals surface area contributed by atoms with Crippen LogP contribution in [-0.4, -0.2) is 43.3 Å². The average molecular weight is 200 g/mol. The minimum absolute atomic E-state index is 0.133. The number of likely N-dealkylation sites (tertiary alicyclic amines) is 1. The van der Waals surface area contributed by atoms with Gasteiger partial charge >= 0.3 is 0 Å². The van der Waals surface area contributed by atoms with Gasteiger partial charge in [-0.15, -0.1) is 0 Å². The first kappa shape index (κ1) is 10.4. The topological polar surface area (TPSA) is 15.3 Å². The van der Waals surface area contributed by atoms with Gasteiger partial charge in [0.05, 0.1) is 0 Å². The molecule has 0 aromatic rings. The smallest absolute Gasteiger partial charge is 0.115 e. The molecule has 2 rings (SSSR count). The van der Waals surface area contributed by atoms with E-state index in [9.17, 15) is 4.39 Å². The highest BCUT2D eigenvalue weighted by Crippen LogP contribution is 2.24. The molecule has 0 radical (unpaired) electrons. The van der Waals surface area contributed by atoms with E-state index < -0.39 is 6.17 Å². The Morgan fingerprint density at radius 3 is 2.50 bits per heavy atom. The van der Waals surface area contributed by atoms with E-state index in [1.54, 1.807) is 0 Å². The molecule has 4 atom stereocenters. The fraction of sp³-hybridized carbons (Fsp3) is 1.00. The molecule has 14 heavy (non-hydrogen) atoms. The third-order valence-corrected chi connectivity index (χ3v) is 3.65. The van der Waals surface area contributed by atoms with Crippen LogP contribution < -0.4 is 5.32 Å². The van der Waals surface area contributed by atoms with E-state index in [-0.39, 0.29) is 6.04 Å². The first-order valence-electron chi connectivity index (χ1n) is 5.75. The molecule has 1 saturated carbocycles. The van der Waals surface area contributed by atoms with Gasteiger partial charge < -0.3 is 10.2 Å². The summed E-state index contributed by atoms with van der Waals surface area (Å²) in [5, 5.41) is 3.49. The quantitative estimate of drug-likeness (QED) is 0.725. The molecule has 3 heteroatoms. The average Bonchev–Trinajstić information content (AvgIpc) is 2.62. The molecule has 0 spiro atoms. The molecular formula is C11H21FN2. The Labute approximate surface area is 85.9 Å². The van der Waals surface area contributed by atoms with Crippen molar-refractivity contribution in [2.75, 3.05) is 20.1 Å². The van der Waals surface area contributed by atoms with Gasteiger partial charge in [-0.05, 0) is 32.2 Å². The van der Waals surface area contributed by atoms with Crippen molar-refractivity contribution in [1.29, 1.82) is 0 Å². The molecule has 1 aliphatic carbocycles. The van der Waals surface area contributed by atoms with E-state index in [0.29, 0.717) is 12.0 Å². The molecule has 2 nitrogen and oxygen atoms in total. The predicted octanol–water partition coefficient (Wildman–Crippen LogP) is 1.42. The summed E-state index contributed by atoms with van der Waals surface area (Å²) in [6, 6.07) is 0.635. The van der Waals surface area contributed by atoms with Crippen LogP contribution in [-0.2, 0) is 0 Å². The van der Waals surface area contributed by atoms with Gasteiger partial charge in [-0.1, -0.05) is 6.92 Å². The van der Waals surface area contributed by atoms with E-state index in [1.807, 2.05) is 0 Å². The van der Waals surface area contributed by atoms with Crippen molar-refractivity contribution in [3.8, 4) is 0 Å². The monoisotopic (exact) mass is 200 g/mol. The number of alkyl halides is 1. The molecule has 2 aliphatic rings. The molecule has 0 aromatic carbocycles. The normalized spacial score (nSPS) is 44.8. The number of nitrogens with zero attached hydrogens (tertiary/aromatic N) is 1. The molecule has 0 amide bonds. The molecule has 1 heterocycles. The number of nitrogens with one attached hydrogen (secondary N) is 1. The summed E-state index contributed by atoms with van der Waals surface area (Å²) in [6.07, 6.45) is 2.23. The molecule has 82 valence electrons. The predicted molar refractivity (Wildman–Crippen MR) is 56.1 cm³/mol. The van der Waals surface area contributed by atoms with Gasteiger partial charge in [0.15, 0.2) is 0 Å². The summed E-state index contributed by atoms with van der Waals surface area (Å²) >= 11 is 0. The van der Waals surface area contributed by atoms with Crippen molar-refractivity contribution in [2.45, 2.75) is 44.4 Å². The zero-order valence-corrected chi connectivity index (χ0v) is 9.17. The van der Waals surface area contributed by atoms with Gasteiger partial charge in [-0.2, -0.15) is 0 Å². The van der Waals surface area contributed by atoms with Crippen molar-refractivity contribution in [2.24, 2.45) is 5.92 Å². The minimum Gasteiger partial charge on any atom is -0.307 e. The maximum Gasteiger partial charge on any atom is 0.115 e. The molecule has 1 N–H and O–H groups in total. The fourth-order valence-corrected chi connectivity index (χ4v) is 2.80. The van der Waals surface area contributed by atoms with Crippen LogP contribution in [0.5, 0.6) is 0 Å². The van der Waals surface area contributed by atoms with Gasteiger partial charge in [0, 0.05) is 25.2 Å². The number of likely N-dealkylation sites (N-methyl/N-ethyl adjacent to an activating group) is 1. The van der Waals surface area contributed by atoms with Crippen molar-refractivity contribution >= 4 is 0 Å². The van der Waals surface area contributed by atoms with Gasteiger partial charge in [-0.3, -0.25) is 0 Å². The van der Waals surface area contributed by atoms with Crippen LogP contribution >= 0.6 is 0 Å². The Morgan fingerprint density at radius 2 is 2.00 bits per heavy atom. The second kappa shape index (κ2) is 4.15. The van der Waals surface area contributed by atoms with Crippen LogP contribution in [0, 0.1) is 5.92 Å². The Bertz CT molecular complexity index is 198. The second-order valence-electron chi connectivity index (χ2n) is 5.03. The van der Waals surface area contributed by atoms with Crippen molar-refractivity contribution < 1.29 is 4.39 Å². The Kier molecular flexibility index (Phi) is 3.07. The van der Waals surface area contributed by atoms with E-state index in [0.717, 1.165) is 32.4 Å². The highest BCUT2D eigenvalue weighted by atomic mass is 19.1. The Balaban J connectivity index is 1.85. The fourth-order valence-electron chi connectivity index (χ4n) is 2.80. The van der Waals surface area contributed by atoms with E-state index in [2.05, 4.69) is 24.2 Å². The van der Waals surface area contributed by atoms with Gasteiger partial charge in [0.25, 0.3) is 0 Å². The molecule has 2 unspecified atom stereocenters. The van der Waals surface area contributed by atoms with Crippen molar-refractivity contribution in [3.05, 3.63) is 0 Å². The van der Waals surface area contributed by atoms with Crippen LogP contribution in [0.1, 0.15) is 26.2 Å². The number of halogens is 1. The van der Waals surface area contributed by atoms with E-state index >= 15 is 0 Å². The second-order valence-corrected chi connectivity index (χ2v) is 5.03. The lowest BCUT2D eigenvalue weighted by Crippen LogP contribution is -2.44. The van der Waals surface area contributed by atoms with Crippen LogP contribution in [0.25, 0.3) is 0 Å². The summed E-state index contributed by atoms with van der Waals surface area (Å²) in [7, 11) is 2.14. The first-order chi connectivity index (χ1) is 6.66. The van der Waals surface area contributed by atoms with E-state index in [1.165, 1.54) is 0 Å². The van der Waals surface area contributed by atoms with Crippen LogP contribution in [0.4, 0.5) is 4.39 Å². The van der Waals surface area contributed by atoms with Crippen molar-refractivity contribution in [3.63, 3.8) is 0 Å². The zero-order chi connectivity index (χ0) is 10.1. The first-order valence-corrected chi connectivity index (χ1v) is 5.75. The number of hydrogen-bond acceptors (Lipinski definition) is 2. The van der Waals surface area contributed by atoms with Gasteiger partial charge in [0.1, 0.15) is 6.17 Å². The van der Waals surface area contributed by atoms with Gasteiger partial charge in [0.2, 0.25) is 0 Å². The summed E-state index contributed by atoms with van der Waals surface area (Å²) in [6.45, 7) is 4.47.